The van der Waals surface area contributed by atoms with Crippen LogP contribution in [0.15, 0.2) is 12.3 Å². The molecule has 1 atom stereocenters. The molecule has 0 spiro atoms. The zero-order valence-corrected chi connectivity index (χ0v) is 12.0. The first-order chi connectivity index (χ1) is 7.95. The first-order valence-corrected chi connectivity index (χ1v) is 6.62. The molecular formula is C14H27N3. The molecule has 0 saturated heterocycles. The number of nitrogens with one attached hydrogen (secondary N) is 1. The molecule has 3 heteroatoms. The molecule has 0 aliphatic heterocycles. The molecule has 0 radical (unpaired) electrons. The van der Waals surface area contributed by atoms with E-state index in [4.69, 9.17) is 0 Å². The minimum Gasteiger partial charge on any atom is -0.317 e. The highest BCUT2D eigenvalue weighted by Gasteiger charge is 2.23. The molecule has 3 nitrogen and oxygen atoms in total. The summed E-state index contributed by atoms with van der Waals surface area (Å²) < 4.78 is 1.98. The highest BCUT2D eigenvalue weighted by Crippen LogP contribution is 2.29. The Kier molecular flexibility index (Phi) is 5.19. The predicted molar refractivity (Wildman–Crippen MR) is 73.0 cm³/mol. The van der Waals surface area contributed by atoms with Crippen molar-refractivity contribution in [2.45, 2.75) is 40.5 Å². The molecule has 0 aliphatic rings. The van der Waals surface area contributed by atoms with Crippen LogP contribution in [0.25, 0.3) is 0 Å². The fraction of sp³-hybridized carbons (Fsp3) is 0.786. The Balaban J connectivity index is 2.52. The zero-order chi connectivity index (χ0) is 12.9. The number of hydrogen-bond acceptors (Lipinski definition) is 2. The quantitative estimate of drug-likeness (QED) is 0.824. The van der Waals surface area contributed by atoms with E-state index in [0.29, 0.717) is 11.3 Å². The summed E-state index contributed by atoms with van der Waals surface area (Å²) in [5, 5.41) is 7.70. The van der Waals surface area contributed by atoms with Gasteiger partial charge in [0.2, 0.25) is 0 Å². The summed E-state index contributed by atoms with van der Waals surface area (Å²) >= 11 is 0. The average Bonchev–Trinajstić information content (AvgIpc) is 2.62. The van der Waals surface area contributed by atoms with Crippen LogP contribution in [0.1, 0.15) is 39.8 Å². The van der Waals surface area contributed by atoms with Crippen LogP contribution < -0.4 is 5.32 Å². The average molecular weight is 237 g/mol. The van der Waals surface area contributed by atoms with Crippen LogP contribution in [-0.2, 0) is 13.5 Å². The van der Waals surface area contributed by atoms with Gasteiger partial charge in [0.1, 0.15) is 0 Å². The van der Waals surface area contributed by atoms with Gasteiger partial charge >= 0.3 is 0 Å². The van der Waals surface area contributed by atoms with Crippen molar-refractivity contribution >= 4 is 0 Å². The lowest BCUT2D eigenvalue weighted by atomic mass is 9.78. The van der Waals surface area contributed by atoms with E-state index in [0.717, 1.165) is 19.5 Å². The van der Waals surface area contributed by atoms with E-state index in [9.17, 15) is 0 Å². The summed E-state index contributed by atoms with van der Waals surface area (Å²) in [6.45, 7) is 11.3. The van der Waals surface area contributed by atoms with Crippen molar-refractivity contribution in [3.63, 3.8) is 0 Å². The van der Waals surface area contributed by atoms with Gasteiger partial charge in [-0.25, -0.2) is 0 Å². The van der Waals surface area contributed by atoms with Crippen molar-refractivity contribution in [1.29, 1.82) is 0 Å². The van der Waals surface area contributed by atoms with Gasteiger partial charge in [-0.3, -0.25) is 4.68 Å². The van der Waals surface area contributed by atoms with Crippen LogP contribution in [0.2, 0.25) is 0 Å². The molecule has 0 aliphatic carbocycles. The van der Waals surface area contributed by atoms with Crippen LogP contribution in [-0.4, -0.2) is 22.9 Å². The van der Waals surface area contributed by atoms with Gasteiger partial charge in [0, 0.05) is 18.9 Å². The van der Waals surface area contributed by atoms with Gasteiger partial charge in [0.05, 0.1) is 0 Å². The van der Waals surface area contributed by atoms with Crippen LogP contribution >= 0.6 is 0 Å². The van der Waals surface area contributed by atoms with Crippen LogP contribution in [0.4, 0.5) is 0 Å². The van der Waals surface area contributed by atoms with Gasteiger partial charge in [-0.1, -0.05) is 27.7 Å². The third-order valence-corrected chi connectivity index (χ3v) is 3.54. The Bertz CT molecular complexity index is 322. The van der Waals surface area contributed by atoms with Gasteiger partial charge < -0.3 is 5.32 Å². The minimum absolute atomic E-state index is 0.362. The number of nitrogens with zero attached hydrogens (tertiary/aromatic N) is 2. The van der Waals surface area contributed by atoms with Crippen LogP contribution in [0, 0.1) is 11.3 Å². The lowest BCUT2D eigenvalue weighted by Gasteiger charge is -2.31. The summed E-state index contributed by atoms with van der Waals surface area (Å²) in [7, 11) is 2.02. The molecule has 0 amide bonds. The molecule has 1 rings (SSSR count). The molecule has 1 aromatic heterocycles. The van der Waals surface area contributed by atoms with E-state index in [-0.39, 0.29) is 0 Å². The summed E-state index contributed by atoms with van der Waals surface area (Å²) in [6, 6.07) is 2.12. The van der Waals surface area contributed by atoms with E-state index < -0.39 is 0 Å². The van der Waals surface area contributed by atoms with E-state index >= 15 is 0 Å². The molecular weight excluding hydrogens is 210 g/mol. The predicted octanol–water partition coefficient (Wildman–Crippen LogP) is 2.62. The fourth-order valence-electron chi connectivity index (χ4n) is 2.13. The van der Waals surface area contributed by atoms with E-state index in [1.54, 1.807) is 0 Å². The molecule has 0 bridgehead atoms. The maximum Gasteiger partial charge on any atom is 0.0492 e. The van der Waals surface area contributed by atoms with Crippen molar-refractivity contribution in [3.8, 4) is 0 Å². The second-order valence-corrected chi connectivity index (χ2v) is 5.86. The Labute approximate surface area is 106 Å². The number of aromatic nitrogens is 2. The second-order valence-electron chi connectivity index (χ2n) is 5.86. The highest BCUT2D eigenvalue weighted by molar-refractivity contribution is 5.00. The zero-order valence-electron chi connectivity index (χ0n) is 12.0. The van der Waals surface area contributed by atoms with E-state index in [1.807, 2.05) is 17.9 Å². The Morgan fingerprint density at radius 3 is 2.59 bits per heavy atom. The molecule has 0 aromatic carbocycles. The van der Waals surface area contributed by atoms with E-state index in [1.165, 1.54) is 12.1 Å². The molecule has 1 aromatic rings. The topological polar surface area (TPSA) is 29.9 Å². The molecule has 0 saturated carbocycles. The summed E-state index contributed by atoms with van der Waals surface area (Å²) in [6.07, 6.45) is 4.21. The van der Waals surface area contributed by atoms with Crippen molar-refractivity contribution in [2.24, 2.45) is 18.4 Å². The summed E-state index contributed by atoms with van der Waals surface area (Å²) in [4.78, 5) is 0. The molecule has 1 unspecified atom stereocenters. The molecule has 1 heterocycles. The Morgan fingerprint density at radius 1 is 1.41 bits per heavy atom. The van der Waals surface area contributed by atoms with Crippen molar-refractivity contribution in [2.75, 3.05) is 13.1 Å². The first-order valence-electron chi connectivity index (χ1n) is 6.62. The molecule has 98 valence electrons. The molecule has 1 N–H and O–H groups in total. The van der Waals surface area contributed by atoms with Gasteiger partial charge in [-0.2, -0.15) is 5.10 Å². The van der Waals surface area contributed by atoms with Gasteiger partial charge in [0.25, 0.3) is 0 Å². The highest BCUT2D eigenvalue weighted by atomic mass is 15.2. The molecule has 17 heavy (non-hydrogen) atoms. The number of hydrogen-bond donors (Lipinski definition) is 1. The third kappa shape index (κ3) is 4.50. The smallest absolute Gasteiger partial charge is 0.0492 e. The molecule has 0 fully saturated rings. The van der Waals surface area contributed by atoms with Gasteiger partial charge in [0.15, 0.2) is 0 Å². The maximum absolute atomic E-state index is 4.22. The normalized spacial score (nSPS) is 13.9. The monoisotopic (exact) mass is 237 g/mol. The summed E-state index contributed by atoms with van der Waals surface area (Å²) in [5.74, 6) is 0.706. The second kappa shape index (κ2) is 6.20. The minimum atomic E-state index is 0.362. The van der Waals surface area contributed by atoms with Crippen LogP contribution in [0.5, 0.6) is 0 Å². The third-order valence-electron chi connectivity index (χ3n) is 3.54. The SMILES string of the molecule is CCNCC(CCc1ccnn1C)C(C)(C)C. The van der Waals surface area contributed by atoms with Crippen molar-refractivity contribution < 1.29 is 0 Å². The lowest BCUT2D eigenvalue weighted by molar-refractivity contribution is 0.219. The standard InChI is InChI=1S/C14H27N3/c1-6-15-11-12(14(2,3)4)7-8-13-9-10-16-17(13)5/h9-10,12,15H,6-8,11H2,1-5H3. The fourth-order valence-corrected chi connectivity index (χ4v) is 2.13. The van der Waals surface area contributed by atoms with Gasteiger partial charge in [-0.15, -0.1) is 0 Å². The Morgan fingerprint density at radius 2 is 2.12 bits per heavy atom. The van der Waals surface area contributed by atoms with Crippen molar-refractivity contribution in [3.05, 3.63) is 18.0 Å². The van der Waals surface area contributed by atoms with Crippen LogP contribution in [0.3, 0.4) is 0 Å². The lowest BCUT2D eigenvalue weighted by Crippen LogP contribution is -2.32. The first kappa shape index (κ1) is 14.2. The van der Waals surface area contributed by atoms with E-state index in [2.05, 4.69) is 44.2 Å². The number of rotatable bonds is 6. The largest absolute Gasteiger partial charge is 0.317 e. The van der Waals surface area contributed by atoms with Gasteiger partial charge in [-0.05, 0) is 43.3 Å². The Hall–Kier alpha value is -0.830. The number of aryl methyl sites for hydroxylation is 2. The van der Waals surface area contributed by atoms with Crippen molar-refractivity contribution in [1.82, 2.24) is 15.1 Å². The summed E-state index contributed by atoms with van der Waals surface area (Å²) in [5.41, 5.74) is 1.69. The maximum atomic E-state index is 4.22.